The first kappa shape index (κ1) is 11.7. The molecule has 1 N–H and O–H groups in total. The van der Waals surface area contributed by atoms with Gasteiger partial charge in [-0.25, -0.2) is 0 Å². The second-order valence-electron chi connectivity index (χ2n) is 6.15. The fraction of sp³-hybridized carbons (Fsp3) is 0.412. The molecule has 0 bridgehead atoms. The van der Waals surface area contributed by atoms with Crippen LogP contribution >= 0.6 is 0 Å². The molecule has 1 atom stereocenters. The van der Waals surface area contributed by atoms with Crippen molar-refractivity contribution in [3.63, 3.8) is 0 Å². The minimum absolute atomic E-state index is 0.0399. The van der Waals surface area contributed by atoms with Crippen LogP contribution in [0.5, 0.6) is 0 Å². The average molecular weight is 240 g/mol. The van der Waals surface area contributed by atoms with E-state index in [9.17, 15) is 5.11 Å². The molecule has 0 heterocycles. The Morgan fingerprint density at radius 1 is 1.06 bits per heavy atom. The van der Waals surface area contributed by atoms with Gasteiger partial charge in [0.05, 0.1) is 6.10 Å². The van der Waals surface area contributed by atoms with E-state index in [4.69, 9.17) is 0 Å². The number of aliphatic hydroxyl groups is 1. The van der Waals surface area contributed by atoms with Crippen LogP contribution in [0.3, 0.4) is 0 Å². The first-order chi connectivity index (χ1) is 8.58. The second-order valence-corrected chi connectivity index (χ2v) is 6.15. The number of benzene rings is 2. The quantitative estimate of drug-likeness (QED) is 0.744. The highest BCUT2D eigenvalue weighted by atomic mass is 16.3. The van der Waals surface area contributed by atoms with Gasteiger partial charge in [-0.05, 0) is 46.6 Å². The normalized spacial score (nSPS) is 22.5. The monoisotopic (exact) mass is 240 g/mol. The third kappa shape index (κ3) is 1.83. The molecule has 2 aromatic carbocycles. The van der Waals surface area contributed by atoms with E-state index in [1.165, 1.54) is 21.9 Å². The highest BCUT2D eigenvalue weighted by Crippen LogP contribution is 2.36. The smallest absolute Gasteiger partial charge is 0.0597 e. The second kappa shape index (κ2) is 4.10. The van der Waals surface area contributed by atoms with Crippen molar-refractivity contribution in [2.24, 2.45) is 5.41 Å². The average Bonchev–Trinajstić information content (AvgIpc) is 2.34. The van der Waals surface area contributed by atoms with Crippen LogP contribution < -0.4 is 0 Å². The summed E-state index contributed by atoms with van der Waals surface area (Å²) in [6, 6.07) is 13.1. The number of hydrogen-bond acceptors (Lipinski definition) is 1. The number of aliphatic hydroxyl groups excluding tert-OH is 1. The Kier molecular flexibility index (Phi) is 2.67. The summed E-state index contributed by atoms with van der Waals surface area (Å²) >= 11 is 0. The van der Waals surface area contributed by atoms with Gasteiger partial charge in [-0.15, -0.1) is 0 Å². The molecule has 2 aromatic rings. The first-order valence-electron chi connectivity index (χ1n) is 6.75. The van der Waals surface area contributed by atoms with Crippen molar-refractivity contribution in [1.82, 2.24) is 0 Å². The molecule has 0 saturated heterocycles. The third-order valence-electron chi connectivity index (χ3n) is 4.31. The highest BCUT2D eigenvalue weighted by Gasteiger charge is 2.30. The lowest BCUT2D eigenvalue weighted by molar-refractivity contribution is 0.0430. The van der Waals surface area contributed by atoms with Gasteiger partial charge in [0.25, 0.3) is 0 Å². The molecule has 0 radical (unpaired) electrons. The van der Waals surface area contributed by atoms with Crippen LogP contribution in [0.2, 0.25) is 0 Å². The van der Waals surface area contributed by atoms with E-state index in [0.717, 1.165) is 19.3 Å². The van der Waals surface area contributed by atoms with Crippen LogP contribution in [0, 0.1) is 5.41 Å². The van der Waals surface area contributed by atoms with Gasteiger partial charge in [-0.1, -0.05) is 50.2 Å². The SMILES string of the molecule is CC1(C)Cc2cccc3cccc(c23)CCC1O. The van der Waals surface area contributed by atoms with Crippen molar-refractivity contribution in [3.8, 4) is 0 Å². The maximum absolute atomic E-state index is 10.3. The largest absolute Gasteiger partial charge is 0.393 e. The molecule has 0 aromatic heterocycles. The molecule has 0 aliphatic heterocycles. The predicted octanol–water partition coefficient (Wildman–Crippen LogP) is 3.72. The van der Waals surface area contributed by atoms with Crippen LogP contribution in [-0.4, -0.2) is 11.2 Å². The van der Waals surface area contributed by atoms with E-state index < -0.39 is 0 Å². The van der Waals surface area contributed by atoms with Gasteiger partial charge in [0, 0.05) is 0 Å². The molecule has 3 rings (SSSR count). The standard InChI is InChI=1S/C17H20O/c1-17(2)11-14-8-4-6-12-5-3-7-13(16(12)14)9-10-15(17)18/h3-8,15,18H,9-11H2,1-2H3. The van der Waals surface area contributed by atoms with E-state index in [1.807, 2.05) is 0 Å². The molecular formula is C17H20O. The molecule has 0 spiro atoms. The summed E-state index contributed by atoms with van der Waals surface area (Å²) in [4.78, 5) is 0. The van der Waals surface area contributed by atoms with Gasteiger partial charge in [-0.3, -0.25) is 0 Å². The zero-order valence-electron chi connectivity index (χ0n) is 11.1. The summed E-state index contributed by atoms with van der Waals surface area (Å²) in [6.07, 6.45) is 2.56. The fourth-order valence-corrected chi connectivity index (χ4v) is 3.15. The summed E-state index contributed by atoms with van der Waals surface area (Å²) in [5.41, 5.74) is 2.73. The van der Waals surface area contributed by atoms with Gasteiger partial charge in [0.2, 0.25) is 0 Å². The highest BCUT2D eigenvalue weighted by molar-refractivity contribution is 5.89. The lowest BCUT2D eigenvalue weighted by Gasteiger charge is -2.33. The van der Waals surface area contributed by atoms with Crippen molar-refractivity contribution in [1.29, 1.82) is 0 Å². The number of hydrogen-bond donors (Lipinski definition) is 1. The maximum atomic E-state index is 10.3. The zero-order valence-corrected chi connectivity index (χ0v) is 11.1. The Morgan fingerprint density at radius 3 is 2.44 bits per heavy atom. The molecule has 0 amide bonds. The Morgan fingerprint density at radius 2 is 1.72 bits per heavy atom. The first-order valence-corrected chi connectivity index (χ1v) is 6.75. The van der Waals surface area contributed by atoms with E-state index in [-0.39, 0.29) is 11.5 Å². The summed E-state index contributed by atoms with van der Waals surface area (Å²) < 4.78 is 0. The maximum Gasteiger partial charge on any atom is 0.0597 e. The Hall–Kier alpha value is -1.34. The van der Waals surface area contributed by atoms with Crippen molar-refractivity contribution in [3.05, 3.63) is 47.5 Å². The summed E-state index contributed by atoms with van der Waals surface area (Å²) in [5.74, 6) is 0. The van der Waals surface area contributed by atoms with E-state index >= 15 is 0 Å². The van der Waals surface area contributed by atoms with Crippen LogP contribution in [-0.2, 0) is 12.8 Å². The fourth-order valence-electron chi connectivity index (χ4n) is 3.15. The topological polar surface area (TPSA) is 20.2 Å². The van der Waals surface area contributed by atoms with Gasteiger partial charge >= 0.3 is 0 Å². The molecule has 0 saturated carbocycles. The van der Waals surface area contributed by atoms with Gasteiger partial charge in [-0.2, -0.15) is 0 Å². The Balaban J connectivity index is 2.24. The molecule has 1 unspecified atom stereocenters. The third-order valence-corrected chi connectivity index (χ3v) is 4.31. The minimum atomic E-state index is -0.221. The summed E-state index contributed by atoms with van der Waals surface area (Å²) in [6.45, 7) is 4.34. The van der Waals surface area contributed by atoms with E-state index in [2.05, 4.69) is 50.2 Å². The number of aryl methyl sites for hydroxylation is 1. The van der Waals surface area contributed by atoms with Crippen LogP contribution in [0.1, 0.15) is 31.4 Å². The van der Waals surface area contributed by atoms with E-state index in [1.54, 1.807) is 0 Å². The van der Waals surface area contributed by atoms with Crippen LogP contribution in [0.15, 0.2) is 36.4 Å². The van der Waals surface area contributed by atoms with Crippen LogP contribution in [0.25, 0.3) is 10.8 Å². The molecule has 18 heavy (non-hydrogen) atoms. The van der Waals surface area contributed by atoms with Crippen molar-refractivity contribution >= 4 is 10.8 Å². The van der Waals surface area contributed by atoms with E-state index in [0.29, 0.717) is 0 Å². The lowest BCUT2D eigenvalue weighted by atomic mass is 9.75. The molecule has 1 heteroatoms. The van der Waals surface area contributed by atoms with Gasteiger partial charge < -0.3 is 5.11 Å². The van der Waals surface area contributed by atoms with Crippen LogP contribution in [0.4, 0.5) is 0 Å². The molecule has 94 valence electrons. The molecule has 1 aliphatic rings. The van der Waals surface area contributed by atoms with Crippen molar-refractivity contribution in [2.75, 3.05) is 0 Å². The Labute approximate surface area is 108 Å². The predicted molar refractivity (Wildman–Crippen MR) is 75.8 cm³/mol. The van der Waals surface area contributed by atoms with Crippen molar-refractivity contribution < 1.29 is 5.11 Å². The molecular weight excluding hydrogens is 220 g/mol. The van der Waals surface area contributed by atoms with Gasteiger partial charge in [0.15, 0.2) is 0 Å². The molecule has 0 fully saturated rings. The summed E-state index contributed by atoms with van der Waals surface area (Å²) in [7, 11) is 0. The van der Waals surface area contributed by atoms with Gasteiger partial charge in [0.1, 0.15) is 0 Å². The summed E-state index contributed by atoms with van der Waals surface area (Å²) in [5, 5.41) is 13.1. The number of rotatable bonds is 0. The van der Waals surface area contributed by atoms with Crippen molar-refractivity contribution in [2.45, 2.75) is 39.2 Å². The molecule has 1 aliphatic carbocycles. The minimum Gasteiger partial charge on any atom is -0.393 e. The lowest BCUT2D eigenvalue weighted by Crippen LogP contribution is -2.33. The Bertz CT molecular complexity index is 578. The molecule has 1 nitrogen and oxygen atoms in total. The zero-order chi connectivity index (χ0) is 12.8.